The number of rotatable bonds is 4. The Kier molecular flexibility index (Phi) is 5.85. The van der Waals surface area contributed by atoms with Crippen LogP contribution in [-0.2, 0) is 22.4 Å². The van der Waals surface area contributed by atoms with Crippen molar-refractivity contribution in [2.45, 2.75) is 32.8 Å². The lowest BCUT2D eigenvalue weighted by molar-refractivity contribution is -0.133. The third-order valence-electron chi connectivity index (χ3n) is 3.98. The molecule has 1 saturated heterocycles. The summed E-state index contributed by atoms with van der Waals surface area (Å²) in [5, 5.41) is 3.58. The maximum Gasteiger partial charge on any atom is 0.322 e. The molecule has 1 heterocycles. The summed E-state index contributed by atoms with van der Waals surface area (Å²) in [4.78, 5) is 25.3. The molecule has 1 aromatic rings. The third-order valence-corrected chi connectivity index (χ3v) is 4.33. The largest absolute Gasteiger partial charge is 0.367 e. The smallest absolute Gasteiger partial charge is 0.322 e. The molecular formula is C16H22ClN3O3. The summed E-state index contributed by atoms with van der Waals surface area (Å²) in [6.45, 7) is 4.88. The van der Waals surface area contributed by atoms with Crippen molar-refractivity contribution in [3.8, 4) is 0 Å². The molecule has 0 bridgehead atoms. The van der Waals surface area contributed by atoms with Crippen LogP contribution in [0.15, 0.2) is 12.1 Å². The lowest BCUT2D eigenvalue weighted by atomic mass is 10.0. The number of nitrogens with zero attached hydrogens (tertiary/aromatic N) is 1. The van der Waals surface area contributed by atoms with E-state index in [1.807, 2.05) is 26.0 Å². The molecule has 1 aliphatic rings. The molecule has 2 rings (SSSR count). The molecule has 0 aromatic heterocycles. The normalized spacial score (nSPS) is 17.9. The van der Waals surface area contributed by atoms with Gasteiger partial charge in [0, 0.05) is 11.6 Å². The fourth-order valence-electron chi connectivity index (χ4n) is 2.66. The number of morpholine rings is 1. The van der Waals surface area contributed by atoms with Crippen LogP contribution in [0.25, 0.3) is 0 Å². The first-order valence-corrected chi connectivity index (χ1v) is 8.12. The van der Waals surface area contributed by atoms with Gasteiger partial charge in [0.15, 0.2) is 6.10 Å². The number of anilines is 1. The Morgan fingerprint density at radius 1 is 1.39 bits per heavy atom. The molecule has 6 nitrogen and oxygen atoms in total. The van der Waals surface area contributed by atoms with Gasteiger partial charge in [0.25, 0.3) is 0 Å². The number of hydrogen-bond donors (Lipinski definition) is 2. The fourth-order valence-corrected chi connectivity index (χ4v) is 2.95. The van der Waals surface area contributed by atoms with Gasteiger partial charge < -0.3 is 20.7 Å². The highest BCUT2D eigenvalue weighted by molar-refractivity contribution is 6.32. The van der Waals surface area contributed by atoms with E-state index in [0.717, 1.165) is 29.7 Å². The average Bonchev–Trinajstić information content (AvgIpc) is 2.55. The first-order valence-electron chi connectivity index (χ1n) is 7.75. The Bertz CT molecular complexity index is 606. The Morgan fingerprint density at radius 2 is 2.13 bits per heavy atom. The topological polar surface area (TPSA) is 84.7 Å². The van der Waals surface area contributed by atoms with Gasteiger partial charge in [-0.25, -0.2) is 4.79 Å². The van der Waals surface area contributed by atoms with E-state index in [1.54, 1.807) is 4.90 Å². The lowest BCUT2D eigenvalue weighted by Crippen LogP contribution is -2.51. The molecule has 3 amide bonds. The molecule has 3 N–H and O–H groups in total. The second-order valence-electron chi connectivity index (χ2n) is 5.41. The SMILES string of the molecule is CCc1ccc(Cl)c(CC)c1NC(=O)N1CCOC(C(N)=O)C1. The number of ether oxygens (including phenoxy) is 1. The van der Waals surface area contributed by atoms with E-state index in [2.05, 4.69) is 5.32 Å². The minimum atomic E-state index is -0.759. The van der Waals surface area contributed by atoms with Crippen molar-refractivity contribution in [3.05, 3.63) is 28.3 Å². The van der Waals surface area contributed by atoms with Gasteiger partial charge in [0.1, 0.15) is 0 Å². The molecule has 126 valence electrons. The minimum absolute atomic E-state index is 0.157. The highest BCUT2D eigenvalue weighted by Gasteiger charge is 2.28. The van der Waals surface area contributed by atoms with Crippen LogP contribution in [-0.4, -0.2) is 42.6 Å². The third kappa shape index (κ3) is 3.95. The number of carbonyl (C=O) groups excluding carboxylic acids is 2. The maximum absolute atomic E-state index is 12.5. The van der Waals surface area contributed by atoms with Crippen molar-refractivity contribution in [2.75, 3.05) is 25.0 Å². The molecule has 1 aromatic carbocycles. The number of urea groups is 1. The molecule has 0 saturated carbocycles. The highest BCUT2D eigenvalue weighted by atomic mass is 35.5. The molecule has 0 aliphatic carbocycles. The monoisotopic (exact) mass is 339 g/mol. The van der Waals surface area contributed by atoms with Gasteiger partial charge in [0.05, 0.1) is 18.8 Å². The molecule has 7 heteroatoms. The number of hydrogen-bond acceptors (Lipinski definition) is 3. The summed E-state index contributed by atoms with van der Waals surface area (Å²) >= 11 is 6.25. The summed E-state index contributed by atoms with van der Waals surface area (Å²) in [6, 6.07) is 3.50. The first kappa shape index (κ1) is 17.6. The van der Waals surface area contributed by atoms with E-state index in [-0.39, 0.29) is 19.2 Å². The predicted molar refractivity (Wildman–Crippen MR) is 89.7 cm³/mol. The van der Waals surface area contributed by atoms with Gasteiger partial charge in [-0.05, 0) is 30.0 Å². The van der Waals surface area contributed by atoms with Crippen molar-refractivity contribution in [1.29, 1.82) is 0 Å². The summed E-state index contributed by atoms with van der Waals surface area (Å²) in [6.07, 6.45) is 0.743. The van der Waals surface area contributed by atoms with Crippen LogP contribution in [0.2, 0.25) is 5.02 Å². The van der Waals surface area contributed by atoms with E-state index in [1.165, 1.54) is 0 Å². The number of carbonyl (C=O) groups is 2. The van der Waals surface area contributed by atoms with Crippen molar-refractivity contribution in [3.63, 3.8) is 0 Å². The van der Waals surface area contributed by atoms with Crippen LogP contribution >= 0.6 is 11.6 Å². The minimum Gasteiger partial charge on any atom is -0.367 e. The van der Waals surface area contributed by atoms with E-state index in [0.29, 0.717) is 11.6 Å². The summed E-state index contributed by atoms with van der Waals surface area (Å²) in [7, 11) is 0. The second kappa shape index (κ2) is 7.66. The van der Waals surface area contributed by atoms with E-state index >= 15 is 0 Å². The van der Waals surface area contributed by atoms with Gasteiger partial charge in [-0.15, -0.1) is 0 Å². The quantitative estimate of drug-likeness (QED) is 0.881. The standard InChI is InChI=1S/C16H22ClN3O3/c1-3-10-5-6-12(17)11(4-2)14(10)19-16(22)20-7-8-23-13(9-20)15(18)21/h5-6,13H,3-4,7-9H2,1-2H3,(H2,18,21)(H,19,22). The zero-order valence-electron chi connectivity index (χ0n) is 13.4. The van der Waals surface area contributed by atoms with Gasteiger partial charge in [0.2, 0.25) is 5.91 Å². The highest BCUT2D eigenvalue weighted by Crippen LogP contribution is 2.29. The number of primary amides is 1. The molecule has 1 unspecified atom stereocenters. The molecule has 0 radical (unpaired) electrons. The lowest BCUT2D eigenvalue weighted by Gasteiger charge is -2.32. The molecule has 23 heavy (non-hydrogen) atoms. The maximum atomic E-state index is 12.5. The number of halogens is 1. The Morgan fingerprint density at radius 3 is 2.74 bits per heavy atom. The molecule has 1 aliphatic heterocycles. The second-order valence-corrected chi connectivity index (χ2v) is 5.81. The van der Waals surface area contributed by atoms with Crippen LogP contribution in [0, 0.1) is 0 Å². The van der Waals surface area contributed by atoms with Crippen LogP contribution in [0.3, 0.4) is 0 Å². The van der Waals surface area contributed by atoms with Crippen LogP contribution in [0.4, 0.5) is 10.5 Å². The van der Waals surface area contributed by atoms with Crippen LogP contribution < -0.4 is 11.1 Å². The summed E-state index contributed by atoms with van der Waals surface area (Å²) in [5.74, 6) is -0.561. The number of aryl methyl sites for hydroxylation is 1. The average molecular weight is 340 g/mol. The molecular weight excluding hydrogens is 318 g/mol. The zero-order valence-corrected chi connectivity index (χ0v) is 14.2. The Hall–Kier alpha value is -1.79. The van der Waals surface area contributed by atoms with Gasteiger partial charge in [-0.2, -0.15) is 0 Å². The Labute approximate surface area is 140 Å². The number of nitrogens with one attached hydrogen (secondary N) is 1. The molecule has 1 atom stereocenters. The molecule has 0 spiro atoms. The summed E-state index contributed by atoms with van der Waals surface area (Å²) < 4.78 is 5.26. The summed E-state index contributed by atoms with van der Waals surface area (Å²) in [5.41, 5.74) is 7.96. The van der Waals surface area contributed by atoms with Gasteiger partial charge in [-0.1, -0.05) is 31.5 Å². The van der Waals surface area contributed by atoms with Crippen LogP contribution in [0.1, 0.15) is 25.0 Å². The van der Waals surface area contributed by atoms with E-state index < -0.39 is 12.0 Å². The van der Waals surface area contributed by atoms with Crippen molar-refractivity contribution >= 4 is 29.2 Å². The number of amides is 3. The number of benzene rings is 1. The van der Waals surface area contributed by atoms with Gasteiger partial charge >= 0.3 is 6.03 Å². The zero-order chi connectivity index (χ0) is 17.0. The Balaban J connectivity index is 2.20. The van der Waals surface area contributed by atoms with E-state index in [4.69, 9.17) is 22.1 Å². The predicted octanol–water partition coefficient (Wildman–Crippen LogP) is 2.18. The fraction of sp³-hybridized carbons (Fsp3) is 0.500. The van der Waals surface area contributed by atoms with Crippen molar-refractivity contribution in [1.82, 2.24) is 4.90 Å². The first-order chi connectivity index (χ1) is 11.0. The van der Waals surface area contributed by atoms with E-state index in [9.17, 15) is 9.59 Å². The van der Waals surface area contributed by atoms with Crippen LogP contribution in [0.5, 0.6) is 0 Å². The van der Waals surface area contributed by atoms with Crippen molar-refractivity contribution < 1.29 is 14.3 Å². The number of nitrogens with two attached hydrogens (primary N) is 1. The molecule has 1 fully saturated rings. The van der Waals surface area contributed by atoms with Crippen molar-refractivity contribution in [2.24, 2.45) is 5.73 Å². The van der Waals surface area contributed by atoms with Gasteiger partial charge in [-0.3, -0.25) is 4.79 Å².